The van der Waals surface area contributed by atoms with Crippen LogP contribution >= 0.6 is 11.5 Å². The summed E-state index contributed by atoms with van der Waals surface area (Å²) in [5.74, 6) is 0.329. The fourth-order valence-corrected chi connectivity index (χ4v) is 2.59. The minimum absolute atomic E-state index is 0.0947. The Morgan fingerprint density at radius 3 is 2.85 bits per heavy atom. The van der Waals surface area contributed by atoms with Crippen LogP contribution in [0.3, 0.4) is 0 Å². The molecule has 1 aromatic heterocycles. The lowest BCUT2D eigenvalue weighted by Crippen LogP contribution is -2.34. The van der Waals surface area contributed by atoms with Gasteiger partial charge in [0.1, 0.15) is 6.10 Å². The van der Waals surface area contributed by atoms with Crippen molar-refractivity contribution in [2.75, 3.05) is 6.61 Å². The second-order valence-electron chi connectivity index (χ2n) is 5.21. The van der Waals surface area contributed by atoms with E-state index in [1.54, 1.807) is 6.92 Å². The highest BCUT2D eigenvalue weighted by molar-refractivity contribution is 7.13. The lowest BCUT2D eigenvalue weighted by molar-refractivity contribution is -0.132. The van der Waals surface area contributed by atoms with Crippen LogP contribution in [0, 0.1) is 5.92 Å². The van der Waals surface area contributed by atoms with Crippen molar-refractivity contribution in [2.45, 2.75) is 33.4 Å². The molecule has 0 aliphatic rings. The molecule has 0 spiro atoms. The summed E-state index contributed by atoms with van der Waals surface area (Å²) in [5, 5.41) is 3.99. The number of rotatable bonds is 6. The zero-order valence-electron chi connectivity index (χ0n) is 12.1. The van der Waals surface area contributed by atoms with Crippen molar-refractivity contribution in [1.29, 1.82) is 0 Å². The number of amides is 1. The van der Waals surface area contributed by atoms with Gasteiger partial charge in [0.05, 0.1) is 16.9 Å². The Bertz CT molecular complexity index is 580. The molecule has 1 amide bonds. The Kier molecular flexibility index (Phi) is 5.09. The van der Waals surface area contributed by atoms with Crippen LogP contribution in [0.1, 0.15) is 26.5 Å². The third-order valence-corrected chi connectivity index (χ3v) is 3.80. The van der Waals surface area contributed by atoms with Crippen molar-refractivity contribution in [3.05, 3.63) is 30.0 Å². The van der Waals surface area contributed by atoms with Gasteiger partial charge < -0.3 is 10.1 Å². The number of aromatic nitrogens is 1. The first kappa shape index (κ1) is 14.9. The Balaban J connectivity index is 1.90. The zero-order chi connectivity index (χ0) is 14.5. The molecule has 0 fully saturated rings. The van der Waals surface area contributed by atoms with Gasteiger partial charge in [0.15, 0.2) is 0 Å². The van der Waals surface area contributed by atoms with Gasteiger partial charge in [-0.1, -0.05) is 32.0 Å². The fourth-order valence-electron chi connectivity index (χ4n) is 1.79. The highest BCUT2D eigenvalue weighted by atomic mass is 32.1. The second-order valence-corrected chi connectivity index (χ2v) is 6.02. The molecule has 108 valence electrons. The first-order valence-corrected chi connectivity index (χ1v) is 7.58. The van der Waals surface area contributed by atoms with E-state index >= 15 is 0 Å². The first-order chi connectivity index (χ1) is 9.58. The summed E-state index contributed by atoms with van der Waals surface area (Å²) in [4.78, 5) is 11.9. The maximum Gasteiger partial charge on any atom is 0.249 e. The minimum Gasteiger partial charge on any atom is -0.368 e. The Morgan fingerprint density at radius 2 is 2.10 bits per heavy atom. The number of carbonyl (C=O) groups excluding carboxylic acids is 1. The molecule has 0 radical (unpaired) electrons. The summed E-state index contributed by atoms with van der Waals surface area (Å²) < 4.78 is 11.0. The van der Waals surface area contributed by atoms with E-state index in [1.165, 1.54) is 11.5 Å². The maximum atomic E-state index is 11.9. The molecule has 5 heteroatoms. The van der Waals surface area contributed by atoms with E-state index in [4.69, 9.17) is 4.74 Å². The van der Waals surface area contributed by atoms with E-state index in [9.17, 15) is 4.79 Å². The number of nitrogens with zero attached hydrogens (tertiary/aromatic N) is 1. The van der Waals surface area contributed by atoms with E-state index in [0.29, 0.717) is 19.1 Å². The quantitative estimate of drug-likeness (QED) is 0.890. The van der Waals surface area contributed by atoms with Crippen LogP contribution in [0.5, 0.6) is 0 Å². The highest BCUT2D eigenvalue weighted by Gasteiger charge is 2.14. The van der Waals surface area contributed by atoms with E-state index in [-0.39, 0.29) is 5.91 Å². The molecule has 0 aliphatic heterocycles. The van der Waals surface area contributed by atoms with E-state index in [0.717, 1.165) is 15.8 Å². The maximum absolute atomic E-state index is 11.9. The van der Waals surface area contributed by atoms with Crippen LogP contribution in [0.25, 0.3) is 10.1 Å². The molecule has 1 aromatic carbocycles. The van der Waals surface area contributed by atoms with Crippen molar-refractivity contribution < 1.29 is 9.53 Å². The third kappa shape index (κ3) is 3.77. The predicted molar refractivity (Wildman–Crippen MR) is 81.7 cm³/mol. The van der Waals surface area contributed by atoms with Crippen LogP contribution in [0.15, 0.2) is 24.3 Å². The lowest BCUT2D eigenvalue weighted by Gasteiger charge is -2.14. The molecular formula is C15H20N2O2S. The Labute approximate surface area is 123 Å². The first-order valence-electron chi connectivity index (χ1n) is 6.80. The molecule has 0 saturated heterocycles. The van der Waals surface area contributed by atoms with E-state index < -0.39 is 6.10 Å². The lowest BCUT2D eigenvalue weighted by atomic mass is 10.2. The van der Waals surface area contributed by atoms with Gasteiger partial charge >= 0.3 is 0 Å². The van der Waals surface area contributed by atoms with Crippen LogP contribution < -0.4 is 5.32 Å². The highest BCUT2D eigenvalue weighted by Crippen LogP contribution is 2.21. The Hall–Kier alpha value is -1.46. The number of hydrogen-bond donors (Lipinski definition) is 1. The predicted octanol–water partition coefficient (Wildman–Crippen LogP) is 2.97. The smallest absolute Gasteiger partial charge is 0.249 e. The minimum atomic E-state index is -0.428. The number of carbonyl (C=O) groups is 1. The van der Waals surface area contributed by atoms with Crippen molar-refractivity contribution in [2.24, 2.45) is 5.92 Å². The van der Waals surface area contributed by atoms with Crippen LogP contribution in [-0.2, 0) is 16.1 Å². The van der Waals surface area contributed by atoms with E-state index in [1.807, 2.05) is 24.3 Å². The summed E-state index contributed by atoms with van der Waals surface area (Å²) in [7, 11) is 0. The molecule has 20 heavy (non-hydrogen) atoms. The molecule has 0 bridgehead atoms. The molecule has 0 saturated carbocycles. The summed E-state index contributed by atoms with van der Waals surface area (Å²) in [6.45, 7) is 6.93. The van der Waals surface area contributed by atoms with Crippen LogP contribution in [-0.4, -0.2) is 23.0 Å². The molecule has 0 aliphatic carbocycles. The second kappa shape index (κ2) is 6.81. The average Bonchev–Trinajstić information content (AvgIpc) is 2.85. The number of benzene rings is 1. The van der Waals surface area contributed by atoms with Gasteiger partial charge in [-0.15, -0.1) is 0 Å². The molecular weight excluding hydrogens is 272 g/mol. The largest absolute Gasteiger partial charge is 0.368 e. The van der Waals surface area contributed by atoms with Gasteiger partial charge in [-0.2, -0.15) is 4.37 Å². The van der Waals surface area contributed by atoms with Gasteiger partial charge in [-0.05, 0) is 30.4 Å². The molecule has 1 N–H and O–H groups in total. The normalized spacial score (nSPS) is 12.8. The third-order valence-electron chi connectivity index (χ3n) is 2.93. The molecule has 1 atom stereocenters. The zero-order valence-corrected chi connectivity index (χ0v) is 12.9. The summed E-state index contributed by atoms with van der Waals surface area (Å²) in [5.41, 5.74) is 0.912. The average molecular weight is 292 g/mol. The SMILES string of the molecule is CC(C)COC(C)C(=O)NCc1nsc2ccccc12. The standard InChI is InChI=1S/C15H20N2O2S/c1-10(2)9-19-11(3)15(18)16-8-13-12-6-4-5-7-14(12)20-17-13/h4-7,10-11H,8-9H2,1-3H3,(H,16,18). The van der Waals surface area contributed by atoms with Crippen molar-refractivity contribution >= 4 is 27.5 Å². The van der Waals surface area contributed by atoms with Gasteiger partial charge in [0.25, 0.3) is 0 Å². The fraction of sp³-hybridized carbons (Fsp3) is 0.467. The van der Waals surface area contributed by atoms with Gasteiger partial charge in [0, 0.05) is 12.0 Å². The van der Waals surface area contributed by atoms with E-state index in [2.05, 4.69) is 23.5 Å². The molecule has 1 heterocycles. The number of nitrogens with one attached hydrogen (secondary N) is 1. The van der Waals surface area contributed by atoms with Crippen LogP contribution in [0.4, 0.5) is 0 Å². The summed E-state index contributed by atoms with van der Waals surface area (Å²) in [6, 6.07) is 8.03. The molecule has 2 rings (SSSR count). The number of ether oxygens (including phenoxy) is 1. The van der Waals surface area contributed by atoms with Crippen molar-refractivity contribution in [3.63, 3.8) is 0 Å². The van der Waals surface area contributed by atoms with Crippen LogP contribution in [0.2, 0.25) is 0 Å². The van der Waals surface area contributed by atoms with Crippen molar-refractivity contribution in [1.82, 2.24) is 9.69 Å². The number of fused-ring (bicyclic) bond motifs is 1. The Morgan fingerprint density at radius 1 is 1.35 bits per heavy atom. The van der Waals surface area contributed by atoms with Gasteiger partial charge in [-0.3, -0.25) is 4.79 Å². The monoisotopic (exact) mass is 292 g/mol. The molecule has 2 aromatic rings. The topological polar surface area (TPSA) is 51.2 Å². The van der Waals surface area contributed by atoms with Gasteiger partial charge in [-0.25, -0.2) is 0 Å². The summed E-state index contributed by atoms with van der Waals surface area (Å²) in [6.07, 6.45) is -0.428. The molecule has 1 unspecified atom stereocenters. The number of hydrogen-bond acceptors (Lipinski definition) is 4. The summed E-state index contributed by atoms with van der Waals surface area (Å²) >= 11 is 1.46. The van der Waals surface area contributed by atoms with Crippen molar-refractivity contribution in [3.8, 4) is 0 Å². The van der Waals surface area contributed by atoms with Gasteiger partial charge in [0.2, 0.25) is 5.91 Å². The molecule has 4 nitrogen and oxygen atoms in total.